The van der Waals surface area contributed by atoms with E-state index >= 15 is 0 Å². The monoisotopic (exact) mass is 528 g/mol. The van der Waals surface area contributed by atoms with Crippen molar-refractivity contribution in [3.63, 3.8) is 0 Å². The van der Waals surface area contributed by atoms with Gasteiger partial charge in [-0.25, -0.2) is 22.1 Å². The maximum absolute atomic E-state index is 13.2. The molecule has 2 amide bonds. The Morgan fingerprint density at radius 1 is 1.44 bits per heavy atom. The second-order valence-electron chi connectivity index (χ2n) is 6.41. The van der Waals surface area contributed by atoms with Gasteiger partial charge in [-0.3, -0.25) is 14.4 Å². The maximum atomic E-state index is 13.2. The number of nitrogens with zero attached hydrogens (tertiary/aromatic N) is 4. The number of carbonyl (C=O) groups is 2. The van der Waals surface area contributed by atoms with E-state index in [1.807, 2.05) is 0 Å². The summed E-state index contributed by atoms with van der Waals surface area (Å²) in [4.78, 5) is 44.9. The number of anilines is 1. The SMILES string of the molecule is Nc1nc(/C(=N/OCc2cc(=O)c(O)cn2O)C(=O)NC2C(=O)N(S(=O)(=O)[O-])C2CF)cs1.[Na+]. The van der Waals surface area contributed by atoms with Crippen LogP contribution in [0.5, 0.6) is 5.75 Å². The molecule has 1 fully saturated rings. The number of rotatable bonds is 8. The zero-order valence-corrected chi connectivity index (χ0v) is 20.7. The fourth-order valence-electron chi connectivity index (χ4n) is 2.74. The molecule has 2 atom stereocenters. The van der Waals surface area contributed by atoms with Gasteiger partial charge in [0.2, 0.25) is 5.43 Å². The summed E-state index contributed by atoms with van der Waals surface area (Å²) in [6, 6.07) is -2.58. The van der Waals surface area contributed by atoms with Gasteiger partial charge in [0, 0.05) is 11.4 Å². The van der Waals surface area contributed by atoms with Crippen LogP contribution >= 0.6 is 11.3 Å². The number of hydrogen-bond acceptors (Lipinski definition) is 13. The van der Waals surface area contributed by atoms with Crippen LogP contribution in [0.4, 0.5) is 9.52 Å². The number of nitrogen functional groups attached to an aromatic ring is 1. The average molecular weight is 528 g/mol. The number of oxime groups is 1. The largest absolute Gasteiger partial charge is 1.00 e. The summed E-state index contributed by atoms with van der Waals surface area (Å²) >= 11 is 0.915. The molecule has 2 aromatic rings. The molecule has 3 heterocycles. The number of aromatic nitrogens is 2. The fourth-order valence-corrected chi connectivity index (χ4v) is 4.13. The first-order chi connectivity index (χ1) is 15.4. The Kier molecular flexibility index (Phi) is 8.61. The molecule has 0 spiro atoms. The molecule has 19 heteroatoms. The maximum Gasteiger partial charge on any atom is 1.00 e. The number of halogens is 1. The van der Waals surface area contributed by atoms with Gasteiger partial charge in [0.25, 0.3) is 11.8 Å². The van der Waals surface area contributed by atoms with Crippen molar-refractivity contribution < 1.29 is 71.7 Å². The minimum Gasteiger partial charge on any atom is -0.731 e. The predicted octanol–water partition coefficient (Wildman–Crippen LogP) is -5.12. The minimum atomic E-state index is -5.28. The van der Waals surface area contributed by atoms with Crippen molar-refractivity contribution in [1.29, 1.82) is 0 Å². The number of nitrogens with one attached hydrogen (secondary N) is 1. The van der Waals surface area contributed by atoms with Gasteiger partial charge < -0.3 is 30.8 Å². The molecule has 15 nitrogen and oxygen atoms in total. The predicted molar refractivity (Wildman–Crippen MR) is 106 cm³/mol. The molecule has 0 aromatic carbocycles. The first-order valence-corrected chi connectivity index (χ1v) is 10.9. The molecule has 5 N–H and O–H groups in total. The average Bonchev–Trinajstić information content (AvgIpc) is 3.15. The van der Waals surface area contributed by atoms with Crippen molar-refractivity contribution in [1.82, 2.24) is 19.3 Å². The summed E-state index contributed by atoms with van der Waals surface area (Å²) in [6.07, 6.45) is 0.703. The molecule has 1 saturated heterocycles. The molecule has 0 aliphatic carbocycles. The first-order valence-electron chi connectivity index (χ1n) is 8.65. The van der Waals surface area contributed by atoms with E-state index in [-0.39, 0.29) is 50.4 Å². The molecule has 0 saturated carbocycles. The van der Waals surface area contributed by atoms with E-state index in [0.29, 0.717) is 10.9 Å². The number of hydrogen-bond donors (Lipinski definition) is 4. The Bertz CT molecular complexity index is 1300. The van der Waals surface area contributed by atoms with Crippen LogP contribution in [-0.2, 0) is 31.3 Å². The molecular weight excluding hydrogens is 514 g/mol. The molecule has 1 aliphatic heterocycles. The van der Waals surface area contributed by atoms with Crippen LogP contribution in [0, 0.1) is 0 Å². The number of β-lactam (4-membered cyclic amide) rings is 1. The van der Waals surface area contributed by atoms with Crippen molar-refractivity contribution in [2.75, 3.05) is 12.4 Å². The van der Waals surface area contributed by atoms with E-state index in [4.69, 9.17) is 10.6 Å². The van der Waals surface area contributed by atoms with Crippen molar-refractivity contribution in [2.24, 2.45) is 5.16 Å². The van der Waals surface area contributed by atoms with E-state index in [9.17, 15) is 42.1 Å². The summed E-state index contributed by atoms with van der Waals surface area (Å²) in [6.45, 7) is -2.00. The third-order valence-corrected chi connectivity index (χ3v) is 5.90. The number of amides is 2. The topological polar surface area (TPSA) is 230 Å². The molecule has 2 aromatic heterocycles. The number of nitrogens with two attached hydrogens (primary N) is 1. The fraction of sp³-hybridized carbons (Fsp3) is 0.267. The van der Waals surface area contributed by atoms with E-state index in [2.05, 4.69) is 15.5 Å². The van der Waals surface area contributed by atoms with Crippen molar-refractivity contribution >= 4 is 44.3 Å². The Morgan fingerprint density at radius 2 is 2.12 bits per heavy atom. The van der Waals surface area contributed by atoms with E-state index < -0.39 is 64.4 Å². The molecule has 34 heavy (non-hydrogen) atoms. The summed E-state index contributed by atoms with van der Waals surface area (Å²) in [5.74, 6) is -3.22. The van der Waals surface area contributed by atoms with Crippen molar-refractivity contribution in [3.8, 4) is 5.75 Å². The third-order valence-electron chi connectivity index (χ3n) is 4.29. The van der Waals surface area contributed by atoms with Crippen LogP contribution in [0.1, 0.15) is 11.4 Å². The molecule has 0 bridgehead atoms. The quantitative estimate of drug-likeness (QED) is 0.0632. The Labute approximate surface area is 215 Å². The van der Waals surface area contributed by atoms with Gasteiger partial charge in [0.05, 0.1) is 6.20 Å². The summed E-state index contributed by atoms with van der Waals surface area (Å²) in [7, 11) is -5.28. The van der Waals surface area contributed by atoms with Crippen molar-refractivity contribution in [3.05, 3.63) is 39.3 Å². The van der Waals surface area contributed by atoms with Gasteiger partial charge in [-0.1, -0.05) is 5.16 Å². The second kappa shape index (κ2) is 10.7. The third kappa shape index (κ3) is 5.65. The van der Waals surface area contributed by atoms with Crippen molar-refractivity contribution in [2.45, 2.75) is 18.7 Å². The van der Waals surface area contributed by atoms with Gasteiger partial charge in [-0.15, -0.1) is 11.3 Å². The zero-order valence-electron chi connectivity index (χ0n) is 17.1. The number of pyridine rings is 1. The molecular formula is C15H14FN6NaO9S2. The van der Waals surface area contributed by atoms with Gasteiger partial charge in [-0.05, 0) is 0 Å². The van der Waals surface area contributed by atoms with Crippen LogP contribution in [0.3, 0.4) is 0 Å². The molecule has 3 rings (SSSR count). The first kappa shape index (κ1) is 27.5. The van der Waals surface area contributed by atoms with Gasteiger partial charge in [-0.2, -0.15) is 4.73 Å². The van der Waals surface area contributed by atoms with Gasteiger partial charge in [0.15, 0.2) is 33.5 Å². The number of carbonyl (C=O) groups excluding carboxylic acids is 2. The smallest absolute Gasteiger partial charge is 0.731 e. The minimum absolute atomic E-state index is 0. The Morgan fingerprint density at radius 3 is 2.68 bits per heavy atom. The van der Waals surface area contributed by atoms with Crippen LogP contribution in [0.2, 0.25) is 0 Å². The van der Waals surface area contributed by atoms with Crippen LogP contribution in [0.25, 0.3) is 0 Å². The molecule has 2 unspecified atom stereocenters. The number of thiazole rings is 1. The Balaban J connectivity index is 0.00000408. The normalized spacial score (nSPS) is 18.1. The van der Waals surface area contributed by atoms with E-state index in [0.717, 1.165) is 17.4 Å². The summed E-state index contributed by atoms with van der Waals surface area (Å²) < 4.78 is 46.6. The molecule has 1 aliphatic rings. The van der Waals surface area contributed by atoms with E-state index in [1.165, 1.54) is 5.38 Å². The zero-order chi connectivity index (χ0) is 24.5. The van der Waals surface area contributed by atoms with Gasteiger partial charge >= 0.3 is 29.6 Å². The van der Waals surface area contributed by atoms with E-state index in [1.54, 1.807) is 0 Å². The summed E-state index contributed by atoms with van der Waals surface area (Å²) in [5, 5.41) is 25.9. The van der Waals surface area contributed by atoms with Crippen LogP contribution in [0.15, 0.2) is 27.6 Å². The Hall–Kier alpha value is -2.77. The number of alkyl halides is 1. The number of aromatic hydroxyl groups is 1. The second-order valence-corrected chi connectivity index (χ2v) is 8.55. The van der Waals surface area contributed by atoms with Crippen LogP contribution < -0.4 is 46.0 Å². The summed E-state index contributed by atoms with van der Waals surface area (Å²) in [5.41, 5.74) is 3.85. The van der Waals surface area contributed by atoms with Crippen LogP contribution in [-0.4, -0.2) is 73.6 Å². The molecule has 178 valence electrons. The van der Waals surface area contributed by atoms with Gasteiger partial charge in [0.1, 0.15) is 30.1 Å². The molecule has 0 radical (unpaired) electrons. The standard InChI is InChI=1S/C15H15FN6O9S2.Na/c16-2-8-12(14(26)22(8)33(28,29)30)19-13(25)11(7-5-32-15(17)18-7)20-31-4-6-1-9(23)10(24)3-21(6)27;/h1,3,5,8,12,24,27H,2,4H2,(H2,17,18)(H,19,25)(H,28,29,30);/q;+1/p-1/b20-11-;.